The van der Waals surface area contributed by atoms with Crippen LogP contribution in [0.1, 0.15) is 32.3 Å². The Hall–Kier alpha value is -3.26. The summed E-state index contributed by atoms with van der Waals surface area (Å²) in [5, 5.41) is 4.68. The summed E-state index contributed by atoms with van der Waals surface area (Å²) in [4.78, 5) is 0. The van der Waals surface area contributed by atoms with Crippen molar-refractivity contribution in [3.05, 3.63) is 78.9 Å². The van der Waals surface area contributed by atoms with Crippen LogP contribution in [0.3, 0.4) is 0 Å². The first-order chi connectivity index (χ1) is 14.8. The summed E-state index contributed by atoms with van der Waals surface area (Å²) in [6.45, 7) is 9.65. The Labute approximate surface area is 178 Å². The van der Waals surface area contributed by atoms with Crippen molar-refractivity contribution in [1.29, 1.82) is 0 Å². The molecule has 30 heavy (non-hydrogen) atoms. The van der Waals surface area contributed by atoms with Crippen molar-refractivity contribution in [3.63, 3.8) is 0 Å². The third kappa shape index (κ3) is 3.66. The van der Waals surface area contributed by atoms with E-state index in [0.717, 1.165) is 46.4 Å². The van der Waals surface area contributed by atoms with Crippen LogP contribution in [0.25, 0.3) is 38.7 Å². The van der Waals surface area contributed by atoms with Crippen molar-refractivity contribution >= 4 is 27.6 Å². The normalized spacial score (nSPS) is 11.0. The summed E-state index contributed by atoms with van der Waals surface area (Å²) in [5.74, 6) is 1.77. The fourth-order valence-corrected chi connectivity index (χ4v) is 3.95. The molecule has 0 bridgehead atoms. The molecule has 4 aromatic carbocycles. The van der Waals surface area contributed by atoms with Gasteiger partial charge in [0, 0.05) is 16.7 Å². The minimum Gasteiger partial charge on any atom is -0.493 e. The van der Waals surface area contributed by atoms with Crippen LogP contribution in [0.5, 0.6) is 11.5 Å². The number of benzene rings is 4. The molecule has 0 aliphatic heterocycles. The second kappa shape index (κ2) is 9.04. The predicted octanol–water partition coefficient (Wildman–Crippen LogP) is 7.88. The smallest absolute Gasteiger partial charge is 0.135 e. The summed E-state index contributed by atoms with van der Waals surface area (Å²) in [5.41, 5.74) is 3.18. The first-order valence-corrected chi connectivity index (χ1v) is 10.7. The van der Waals surface area contributed by atoms with Gasteiger partial charge < -0.3 is 9.47 Å². The molecule has 0 amide bonds. The molecule has 152 valence electrons. The molecule has 0 spiro atoms. The van der Waals surface area contributed by atoms with Gasteiger partial charge in [-0.15, -0.1) is 0 Å². The molecular formula is C28H28O2. The number of ether oxygens (including phenoxy) is 2. The van der Waals surface area contributed by atoms with Crippen LogP contribution in [0.2, 0.25) is 0 Å². The highest BCUT2D eigenvalue weighted by molar-refractivity contribution is 6.11. The van der Waals surface area contributed by atoms with Gasteiger partial charge in [-0.2, -0.15) is 0 Å². The van der Waals surface area contributed by atoms with E-state index in [-0.39, 0.29) is 0 Å². The molecule has 2 nitrogen and oxygen atoms in total. The average Bonchev–Trinajstić information content (AvgIpc) is 2.80. The van der Waals surface area contributed by atoms with Gasteiger partial charge in [0.1, 0.15) is 11.5 Å². The molecule has 0 aromatic heterocycles. The van der Waals surface area contributed by atoms with Gasteiger partial charge in [0.05, 0.1) is 13.2 Å². The lowest BCUT2D eigenvalue weighted by molar-refractivity contribution is 0.314. The lowest BCUT2D eigenvalue weighted by Gasteiger charge is -2.21. The Balaban J connectivity index is 2.14. The first-order valence-electron chi connectivity index (χ1n) is 10.7. The van der Waals surface area contributed by atoms with Crippen molar-refractivity contribution < 1.29 is 9.47 Å². The number of hydrogen-bond donors (Lipinski definition) is 0. The van der Waals surface area contributed by atoms with Gasteiger partial charge in [-0.1, -0.05) is 81.1 Å². The van der Waals surface area contributed by atoms with E-state index in [2.05, 4.69) is 87.2 Å². The highest BCUT2D eigenvalue weighted by Gasteiger charge is 2.21. The van der Waals surface area contributed by atoms with Crippen molar-refractivity contribution in [1.82, 2.24) is 0 Å². The summed E-state index contributed by atoms with van der Waals surface area (Å²) >= 11 is 0. The molecule has 0 unspecified atom stereocenters. The molecule has 0 aliphatic carbocycles. The molecule has 2 heteroatoms. The lowest BCUT2D eigenvalue weighted by atomic mass is 9.90. The van der Waals surface area contributed by atoms with E-state index < -0.39 is 0 Å². The molecule has 4 rings (SSSR count). The standard InChI is InChI=1S/C28H28O2/c1-4-17-29-25-16-15-21-11-7-9-13-23(21)26(25)27-24-14-10-8-12-22(24)19-20(6-3)28(27)30-18-5-2/h6-16,19H,3-5,17-18H2,1-2H3. The van der Waals surface area contributed by atoms with Gasteiger partial charge in [0.15, 0.2) is 0 Å². The second-order valence-electron chi connectivity index (χ2n) is 7.45. The largest absolute Gasteiger partial charge is 0.493 e. The summed E-state index contributed by atoms with van der Waals surface area (Å²) in [7, 11) is 0. The first kappa shape index (κ1) is 20.0. The molecule has 0 radical (unpaired) electrons. The van der Waals surface area contributed by atoms with Crippen molar-refractivity contribution in [2.24, 2.45) is 0 Å². The predicted molar refractivity (Wildman–Crippen MR) is 129 cm³/mol. The van der Waals surface area contributed by atoms with Gasteiger partial charge in [0.2, 0.25) is 0 Å². The Morgan fingerprint density at radius 3 is 2.07 bits per heavy atom. The Kier molecular flexibility index (Phi) is 6.04. The van der Waals surface area contributed by atoms with E-state index in [0.29, 0.717) is 13.2 Å². The highest BCUT2D eigenvalue weighted by atomic mass is 16.5. The molecule has 0 saturated heterocycles. The maximum atomic E-state index is 6.35. The zero-order valence-electron chi connectivity index (χ0n) is 17.8. The van der Waals surface area contributed by atoms with Crippen molar-refractivity contribution in [2.45, 2.75) is 26.7 Å². The van der Waals surface area contributed by atoms with E-state index in [1.807, 2.05) is 6.08 Å². The Bertz CT molecular complexity index is 1190. The molecule has 4 aromatic rings. The summed E-state index contributed by atoms with van der Waals surface area (Å²) in [6.07, 6.45) is 3.79. The van der Waals surface area contributed by atoms with E-state index in [1.165, 1.54) is 16.2 Å². The molecule has 0 atom stereocenters. The third-order valence-electron chi connectivity index (χ3n) is 5.30. The molecule has 0 heterocycles. The monoisotopic (exact) mass is 396 g/mol. The van der Waals surface area contributed by atoms with Crippen LogP contribution in [-0.2, 0) is 0 Å². The van der Waals surface area contributed by atoms with Crippen LogP contribution in [0.4, 0.5) is 0 Å². The van der Waals surface area contributed by atoms with Gasteiger partial charge >= 0.3 is 0 Å². The van der Waals surface area contributed by atoms with Crippen LogP contribution in [-0.4, -0.2) is 13.2 Å². The second-order valence-corrected chi connectivity index (χ2v) is 7.45. The average molecular weight is 397 g/mol. The maximum Gasteiger partial charge on any atom is 0.135 e. The van der Waals surface area contributed by atoms with Crippen LogP contribution < -0.4 is 9.47 Å². The van der Waals surface area contributed by atoms with E-state index >= 15 is 0 Å². The highest BCUT2D eigenvalue weighted by Crippen LogP contribution is 2.47. The maximum absolute atomic E-state index is 6.35. The number of fused-ring (bicyclic) bond motifs is 2. The number of rotatable bonds is 8. The Morgan fingerprint density at radius 1 is 0.733 bits per heavy atom. The minimum atomic E-state index is 0.655. The summed E-state index contributed by atoms with van der Waals surface area (Å²) < 4.78 is 12.6. The van der Waals surface area contributed by atoms with Gasteiger partial charge in [0.25, 0.3) is 0 Å². The van der Waals surface area contributed by atoms with Gasteiger partial charge in [-0.25, -0.2) is 0 Å². The third-order valence-corrected chi connectivity index (χ3v) is 5.30. The van der Waals surface area contributed by atoms with Crippen LogP contribution in [0.15, 0.2) is 73.3 Å². The van der Waals surface area contributed by atoms with Crippen LogP contribution in [0, 0.1) is 0 Å². The van der Waals surface area contributed by atoms with Gasteiger partial charge in [-0.3, -0.25) is 0 Å². The van der Waals surface area contributed by atoms with Gasteiger partial charge in [-0.05, 0) is 46.5 Å². The number of hydrogen-bond acceptors (Lipinski definition) is 2. The fourth-order valence-electron chi connectivity index (χ4n) is 3.95. The van der Waals surface area contributed by atoms with E-state index in [4.69, 9.17) is 9.47 Å². The lowest BCUT2D eigenvalue weighted by Crippen LogP contribution is -2.03. The fraction of sp³-hybridized carbons (Fsp3) is 0.214. The quantitative estimate of drug-likeness (QED) is 0.301. The zero-order valence-corrected chi connectivity index (χ0v) is 17.8. The van der Waals surface area contributed by atoms with Crippen molar-refractivity contribution in [3.8, 4) is 22.6 Å². The molecule has 0 fully saturated rings. The molecule has 0 saturated carbocycles. The molecular weight excluding hydrogens is 368 g/mol. The van der Waals surface area contributed by atoms with Crippen molar-refractivity contribution in [2.75, 3.05) is 13.2 Å². The topological polar surface area (TPSA) is 18.5 Å². The molecule has 0 N–H and O–H groups in total. The van der Waals surface area contributed by atoms with Crippen LogP contribution >= 0.6 is 0 Å². The zero-order chi connectivity index (χ0) is 20.9. The Morgan fingerprint density at radius 2 is 1.37 bits per heavy atom. The minimum absolute atomic E-state index is 0.655. The SMILES string of the molecule is C=Cc1cc2ccccc2c(-c2c(OCCC)ccc3ccccc23)c1OCCC. The van der Waals surface area contributed by atoms with E-state index in [1.54, 1.807) is 0 Å². The summed E-state index contributed by atoms with van der Waals surface area (Å²) in [6, 6.07) is 23.3. The van der Waals surface area contributed by atoms with E-state index in [9.17, 15) is 0 Å². The molecule has 0 aliphatic rings.